The van der Waals surface area contributed by atoms with Crippen molar-refractivity contribution in [3.8, 4) is 0 Å². The Morgan fingerprint density at radius 3 is 2.36 bits per heavy atom. The molecule has 2 aliphatic rings. The van der Waals surface area contributed by atoms with Gasteiger partial charge in [-0.2, -0.15) is 0 Å². The van der Waals surface area contributed by atoms with E-state index in [1.807, 2.05) is 13.8 Å². The van der Waals surface area contributed by atoms with Crippen LogP contribution in [0.1, 0.15) is 26.7 Å². The zero-order valence-electron chi connectivity index (χ0n) is 10.0. The lowest BCUT2D eigenvalue weighted by molar-refractivity contribution is -0.112. The first kappa shape index (κ1) is 12.0. The summed E-state index contributed by atoms with van der Waals surface area (Å²) in [6.07, 6.45) is 2.47. The van der Waals surface area contributed by atoms with Crippen molar-refractivity contribution in [2.24, 2.45) is 0 Å². The SMILES string of the molecule is CC.CN1CCCC2(C1)OCCN2C. The van der Waals surface area contributed by atoms with Crippen molar-refractivity contribution in [3.05, 3.63) is 0 Å². The molecule has 0 N–H and O–H groups in total. The number of piperidine rings is 1. The molecule has 0 amide bonds. The van der Waals surface area contributed by atoms with E-state index in [-0.39, 0.29) is 5.72 Å². The maximum Gasteiger partial charge on any atom is 0.134 e. The van der Waals surface area contributed by atoms with E-state index in [2.05, 4.69) is 23.9 Å². The molecule has 2 aliphatic heterocycles. The average Bonchev–Trinajstić information content (AvgIpc) is 2.51. The smallest absolute Gasteiger partial charge is 0.134 e. The van der Waals surface area contributed by atoms with Crippen LogP contribution in [-0.2, 0) is 4.74 Å². The van der Waals surface area contributed by atoms with E-state index in [9.17, 15) is 0 Å². The predicted octanol–water partition coefficient (Wildman–Crippen LogP) is 1.40. The summed E-state index contributed by atoms with van der Waals surface area (Å²) in [5, 5.41) is 0. The molecule has 0 aromatic carbocycles. The maximum atomic E-state index is 5.85. The Kier molecular flexibility index (Phi) is 4.35. The Morgan fingerprint density at radius 1 is 1.14 bits per heavy atom. The van der Waals surface area contributed by atoms with Gasteiger partial charge in [-0.15, -0.1) is 0 Å². The van der Waals surface area contributed by atoms with Gasteiger partial charge < -0.3 is 9.64 Å². The number of hydrogen-bond donors (Lipinski definition) is 0. The number of likely N-dealkylation sites (N-methyl/N-ethyl adjacent to an activating group) is 2. The van der Waals surface area contributed by atoms with Gasteiger partial charge >= 0.3 is 0 Å². The third kappa shape index (κ3) is 2.27. The third-order valence-corrected chi connectivity index (χ3v) is 3.12. The van der Waals surface area contributed by atoms with Gasteiger partial charge in [0.05, 0.1) is 6.61 Å². The second-order valence-electron chi connectivity index (χ2n) is 4.06. The van der Waals surface area contributed by atoms with Gasteiger partial charge in [0.15, 0.2) is 0 Å². The van der Waals surface area contributed by atoms with Gasteiger partial charge in [-0.05, 0) is 33.5 Å². The summed E-state index contributed by atoms with van der Waals surface area (Å²) in [6, 6.07) is 0. The summed E-state index contributed by atoms with van der Waals surface area (Å²) in [5.74, 6) is 0. The zero-order valence-corrected chi connectivity index (χ0v) is 10.0. The van der Waals surface area contributed by atoms with Gasteiger partial charge in [0.2, 0.25) is 0 Å². The highest BCUT2D eigenvalue weighted by molar-refractivity contribution is 4.90. The fourth-order valence-corrected chi connectivity index (χ4v) is 2.32. The Labute approximate surface area is 88.0 Å². The molecule has 2 fully saturated rings. The molecule has 1 spiro atoms. The lowest BCUT2D eigenvalue weighted by atomic mass is 10.0. The average molecular weight is 200 g/mol. The van der Waals surface area contributed by atoms with Gasteiger partial charge in [0.25, 0.3) is 0 Å². The molecule has 2 saturated heterocycles. The minimum atomic E-state index is 0.0625. The van der Waals surface area contributed by atoms with Crippen molar-refractivity contribution in [2.75, 3.05) is 40.3 Å². The van der Waals surface area contributed by atoms with Crippen molar-refractivity contribution >= 4 is 0 Å². The van der Waals surface area contributed by atoms with E-state index < -0.39 is 0 Å². The van der Waals surface area contributed by atoms with Crippen molar-refractivity contribution in [3.63, 3.8) is 0 Å². The van der Waals surface area contributed by atoms with Crippen LogP contribution in [-0.4, -0.2) is 55.9 Å². The molecule has 3 nitrogen and oxygen atoms in total. The summed E-state index contributed by atoms with van der Waals surface area (Å²) in [6.45, 7) is 8.29. The standard InChI is InChI=1S/C9H18N2O.C2H6/c1-10-5-3-4-9(8-10)11(2)6-7-12-9;1-2/h3-8H2,1-2H3;1-2H3. The van der Waals surface area contributed by atoms with Crippen molar-refractivity contribution in [2.45, 2.75) is 32.4 Å². The molecule has 1 atom stereocenters. The molecule has 0 bridgehead atoms. The molecular formula is C11H24N2O. The first-order valence-corrected chi connectivity index (χ1v) is 5.77. The first-order chi connectivity index (χ1) is 6.73. The summed E-state index contributed by atoms with van der Waals surface area (Å²) in [5.41, 5.74) is 0.0625. The van der Waals surface area contributed by atoms with Gasteiger partial charge in [0, 0.05) is 13.1 Å². The van der Waals surface area contributed by atoms with Crippen LogP contribution in [0.4, 0.5) is 0 Å². The Bertz CT molecular complexity index is 175. The molecule has 0 aromatic heterocycles. The molecule has 2 heterocycles. The predicted molar refractivity (Wildman–Crippen MR) is 59.4 cm³/mol. The fraction of sp³-hybridized carbons (Fsp3) is 1.00. The first-order valence-electron chi connectivity index (χ1n) is 5.77. The highest BCUT2D eigenvalue weighted by Gasteiger charge is 2.42. The summed E-state index contributed by atoms with van der Waals surface area (Å²) >= 11 is 0. The number of hydrogen-bond acceptors (Lipinski definition) is 3. The number of ether oxygens (including phenoxy) is 1. The van der Waals surface area contributed by atoms with Crippen LogP contribution in [0, 0.1) is 0 Å². The van der Waals surface area contributed by atoms with Crippen molar-refractivity contribution in [1.82, 2.24) is 9.80 Å². The van der Waals surface area contributed by atoms with Crippen LogP contribution in [0.2, 0.25) is 0 Å². The molecular weight excluding hydrogens is 176 g/mol. The van der Waals surface area contributed by atoms with Gasteiger partial charge in [-0.25, -0.2) is 0 Å². The van der Waals surface area contributed by atoms with Crippen molar-refractivity contribution < 1.29 is 4.74 Å². The van der Waals surface area contributed by atoms with E-state index in [4.69, 9.17) is 4.74 Å². The van der Waals surface area contributed by atoms with Gasteiger partial charge in [-0.3, -0.25) is 4.90 Å². The monoisotopic (exact) mass is 200 g/mol. The van der Waals surface area contributed by atoms with Crippen LogP contribution in [0.25, 0.3) is 0 Å². The zero-order chi connectivity index (χ0) is 10.6. The lowest BCUT2D eigenvalue weighted by Gasteiger charge is -2.41. The molecule has 3 heteroatoms. The number of rotatable bonds is 0. The molecule has 0 aromatic rings. The second-order valence-corrected chi connectivity index (χ2v) is 4.06. The Hall–Kier alpha value is -0.120. The highest BCUT2D eigenvalue weighted by atomic mass is 16.5. The topological polar surface area (TPSA) is 15.7 Å². The lowest BCUT2D eigenvalue weighted by Crippen LogP contribution is -2.54. The van der Waals surface area contributed by atoms with Crippen LogP contribution < -0.4 is 0 Å². The molecule has 0 saturated carbocycles. The van der Waals surface area contributed by atoms with E-state index in [0.29, 0.717) is 0 Å². The van der Waals surface area contributed by atoms with Crippen LogP contribution in [0.3, 0.4) is 0 Å². The molecule has 0 aliphatic carbocycles. The quantitative estimate of drug-likeness (QED) is 0.588. The van der Waals surface area contributed by atoms with E-state index >= 15 is 0 Å². The van der Waals surface area contributed by atoms with Gasteiger partial charge in [0.1, 0.15) is 5.72 Å². The van der Waals surface area contributed by atoms with Crippen LogP contribution in [0.5, 0.6) is 0 Å². The van der Waals surface area contributed by atoms with Gasteiger partial charge in [-0.1, -0.05) is 13.8 Å². The third-order valence-electron chi connectivity index (χ3n) is 3.12. The summed E-state index contributed by atoms with van der Waals surface area (Å²) < 4.78 is 5.85. The summed E-state index contributed by atoms with van der Waals surface area (Å²) in [7, 11) is 4.35. The molecule has 1 unspecified atom stereocenters. The molecule has 14 heavy (non-hydrogen) atoms. The second kappa shape index (κ2) is 5.10. The molecule has 0 radical (unpaired) electrons. The molecule has 2 rings (SSSR count). The highest BCUT2D eigenvalue weighted by Crippen LogP contribution is 2.30. The Morgan fingerprint density at radius 2 is 1.86 bits per heavy atom. The minimum Gasteiger partial charge on any atom is -0.358 e. The normalized spacial score (nSPS) is 34.3. The fourth-order valence-electron chi connectivity index (χ4n) is 2.32. The van der Waals surface area contributed by atoms with E-state index in [1.54, 1.807) is 0 Å². The number of likely N-dealkylation sites (tertiary alicyclic amines) is 1. The Balaban J connectivity index is 0.000000461. The maximum absolute atomic E-state index is 5.85. The van der Waals surface area contributed by atoms with Crippen LogP contribution in [0.15, 0.2) is 0 Å². The van der Waals surface area contributed by atoms with E-state index in [1.165, 1.54) is 19.4 Å². The largest absolute Gasteiger partial charge is 0.358 e. The van der Waals surface area contributed by atoms with E-state index in [0.717, 1.165) is 19.7 Å². The molecule has 84 valence electrons. The van der Waals surface area contributed by atoms with Crippen molar-refractivity contribution in [1.29, 1.82) is 0 Å². The number of nitrogens with zero attached hydrogens (tertiary/aromatic N) is 2. The summed E-state index contributed by atoms with van der Waals surface area (Å²) in [4.78, 5) is 4.73. The van der Waals surface area contributed by atoms with Crippen LogP contribution >= 0.6 is 0 Å². The minimum absolute atomic E-state index is 0.0625.